The molecule has 0 aromatic heterocycles. The Labute approximate surface area is 114 Å². The maximum Gasteiger partial charge on any atom is 0.127 e. The van der Waals surface area contributed by atoms with Gasteiger partial charge in [0.05, 0.1) is 6.04 Å². The van der Waals surface area contributed by atoms with Crippen molar-refractivity contribution in [1.82, 2.24) is 4.90 Å². The van der Waals surface area contributed by atoms with Gasteiger partial charge in [0.25, 0.3) is 0 Å². The van der Waals surface area contributed by atoms with Crippen LogP contribution in [0.3, 0.4) is 0 Å². The Hall–Kier alpha value is -1.26. The lowest BCUT2D eigenvalue weighted by Crippen LogP contribution is -2.43. The van der Waals surface area contributed by atoms with Crippen molar-refractivity contribution in [3.05, 3.63) is 23.8 Å². The van der Waals surface area contributed by atoms with Gasteiger partial charge >= 0.3 is 0 Å². The molecule has 2 aliphatic heterocycles. The van der Waals surface area contributed by atoms with Crippen LogP contribution in [0.25, 0.3) is 0 Å². The molecule has 2 unspecified atom stereocenters. The lowest BCUT2D eigenvalue weighted by Gasteiger charge is -2.39. The summed E-state index contributed by atoms with van der Waals surface area (Å²) in [6.45, 7) is 2.57. The molecule has 0 amide bonds. The number of phenols is 1. The Morgan fingerprint density at radius 3 is 3.11 bits per heavy atom. The number of hydrogen-bond donors (Lipinski definition) is 2. The highest BCUT2D eigenvalue weighted by atomic mass is 16.5. The maximum atomic E-state index is 9.52. The minimum atomic E-state index is 0.275. The average Bonchev–Trinajstić information content (AvgIpc) is 2.82. The van der Waals surface area contributed by atoms with E-state index >= 15 is 0 Å². The first-order chi connectivity index (χ1) is 9.29. The summed E-state index contributed by atoms with van der Waals surface area (Å²) in [4.78, 5) is 2.55. The topological polar surface area (TPSA) is 58.7 Å². The van der Waals surface area contributed by atoms with Crippen molar-refractivity contribution in [2.75, 3.05) is 19.7 Å². The molecule has 3 rings (SSSR count). The SMILES string of the molecule is NCCC1CCCCN1C1COc2cc(O)ccc21. The van der Waals surface area contributed by atoms with Crippen LogP contribution >= 0.6 is 0 Å². The van der Waals surface area contributed by atoms with Gasteiger partial charge in [0.15, 0.2) is 0 Å². The molecule has 1 aromatic rings. The van der Waals surface area contributed by atoms with Crippen molar-refractivity contribution in [3.63, 3.8) is 0 Å². The fourth-order valence-corrected chi connectivity index (χ4v) is 3.39. The summed E-state index contributed by atoms with van der Waals surface area (Å²) in [5.74, 6) is 1.11. The fourth-order valence-electron chi connectivity index (χ4n) is 3.39. The van der Waals surface area contributed by atoms with Gasteiger partial charge in [-0.05, 0) is 44.5 Å². The summed E-state index contributed by atoms with van der Waals surface area (Å²) in [6.07, 6.45) is 4.85. The van der Waals surface area contributed by atoms with Crippen LogP contribution in [0.15, 0.2) is 18.2 Å². The van der Waals surface area contributed by atoms with E-state index in [2.05, 4.69) is 4.90 Å². The largest absolute Gasteiger partial charge is 0.508 e. The number of fused-ring (bicyclic) bond motifs is 1. The number of aromatic hydroxyl groups is 1. The highest BCUT2D eigenvalue weighted by Crippen LogP contribution is 2.40. The van der Waals surface area contributed by atoms with E-state index in [4.69, 9.17) is 10.5 Å². The number of nitrogens with two attached hydrogens (primary N) is 1. The lowest BCUT2D eigenvalue weighted by molar-refractivity contribution is 0.0763. The fraction of sp³-hybridized carbons (Fsp3) is 0.600. The van der Waals surface area contributed by atoms with Crippen molar-refractivity contribution >= 4 is 0 Å². The predicted octanol–water partition coefficient (Wildman–Crippen LogP) is 2.03. The van der Waals surface area contributed by atoms with Gasteiger partial charge in [0.1, 0.15) is 18.1 Å². The molecular weight excluding hydrogens is 240 g/mol. The third-order valence-corrected chi connectivity index (χ3v) is 4.33. The Balaban J connectivity index is 1.83. The summed E-state index contributed by atoms with van der Waals surface area (Å²) < 4.78 is 5.74. The first-order valence-corrected chi connectivity index (χ1v) is 7.21. The Kier molecular flexibility index (Phi) is 3.62. The average molecular weight is 262 g/mol. The molecule has 1 aromatic carbocycles. The van der Waals surface area contributed by atoms with Gasteiger partial charge in [0.2, 0.25) is 0 Å². The molecule has 19 heavy (non-hydrogen) atoms. The number of benzene rings is 1. The van der Waals surface area contributed by atoms with Crippen LogP contribution in [0.5, 0.6) is 11.5 Å². The zero-order valence-electron chi connectivity index (χ0n) is 11.2. The highest BCUT2D eigenvalue weighted by Gasteiger charge is 2.34. The Bertz CT molecular complexity index is 448. The summed E-state index contributed by atoms with van der Waals surface area (Å²) in [5.41, 5.74) is 6.95. The normalized spacial score (nSPS) is 27.0. The van der Waals surface area contributed by atoms with Gasteiger partial charge in [-0.1, -0.05) is 6.42 Å². The molecule has 0 bridgehead atoms. The number of hydrogen-bond acceptors (Lipinski definition) is 4. The van der Waals surface area contributed by atoms with Crippen molar-refractivity contribution in [2.45, 2.75) is 37.8 Å². The lowest BCUT2D eigenvalue weighted by atomic mass is 9.95. The first kappa shape index (κ1) is 12.8. The van der Waals surface area contributed by atoms with Crippen molar-refractivity contribution in [1.29, 1.82) is 0 Å². The van der Waals surface area contributed by atoms with E-state index in [1.165, 1.54) is 24.8 Å². The summed E-state index contributed by atoms with van der Waals surface area (Å²) in [5, 5.41) is 9.52. The standard InChI is InChI=1S/C15H22N2O2/c16-7-6-11-3-1-2-8-17(11)14-10-19-15-9-12(18)4-5-13(14)15/h4-5,9,11,14,18H,1-3,6-8,10,16H2. The summed E-state index contributed by atoms with van der Waals surface area (Å²) in [7, 11) is 0. The number of rotatable bonds is 3. The molecule has 0 radical (unpaired) electrons. The molecule has 0 saturated carbocycles. The Morgan fingerprint density at radius 1 is 1.37 bits per heavy atom. The molecule has 4 heteroatoms. The number of ether oxygens (including phenoxy) is 1. The zero-order chi connectivity index (χ0) is 13.2. The quantitative estimate of drug-likeness (QED) is 0.875. The van der Waals surface area contributed by atoms with Crippen LogP contribution < -0.4 is 10.5 Å². The van der Waals surface area contributed by atoms with Gasteiger partial charge in [-0.25, -0.2) is 0 Å². The summed E-state index contributed by atoms with van der Waals surface area (Å²) >= 11 is 0. The number of phenolic OH excluding ortho intramolecular Hbond substituents is 1. The first-order valence-electron chi connectivity index (χ1n) is 7.21. The highest BCUT2D eigenvalue weighted by molar-refractivity contribution is 5.44. The van der Waals surface area contributed by atoms with Gasteiger partial charge in [-0.15, -0.1) is 0 Å². The van der Waals surface area contributed by atoms with Gasteiger partial charge in [-0.2, -0.15) is 0 Å². The second-order valence-corrected chi connectivity index (χ2v) is 5.51. The van der Waals surface area contributed by atoms with E-state index in [0.29, 0.717) is 18.7 Å². The van der Waals surface area contributed by atoms with Crippen molar-refractivity contribution in [2.24, 2.45) is 5.73 Å². The number of likely N-dealkylation sites (tertiary alicyclic amines) is 1. The van der Waals surface area contributed by atoms with Gasteiger partial charge < -0.3 is 15.6 Å². The van der Waals surface area contributed by atoms with E-state index in [1.807, 2.05) is 6.07 Å². The van der Waals surface area contributed by atoms with Crippen LogP contribution in [0.1, 0.15) is 37.3 Å². The van der Waals surface area contributed by atoms with Gasteiger partial charge in [-0.3, -0.25) is 4.90 Å². The zero-order valence-corrected chi connectivity index (χ0v) is 11.2. The predicted molar refractivity (Wildman–Crippen MR) is 74.4 cm³/mol. The van der Waals surface area contributed by atoms with Crippen molar-refractivity contribution in [3.8, 4) is 11.5 Å². The van der Waals surface area contributed by atoms with E-state index in [9.17, 15) is 5.11 Å². The Morgan fingerprint density at radius 2 is 2.26 bits per heavy atom. The van der Waals surface area contributed by atoms with Crippen LogP contribution in [-0.4, -0.2) is 35.7 Å². The molecule has 0 spiro atoms. The van der Waals surface area contributed by atoms with E-state index in [1.54, 1.807) is 12.1 Å². The van der Waals surface area contributed by atoms with Crippen LogP contribution in [-0.2, 0) is 0 Å². The number of piperidine rings is 1. The third kappa shape index (κ3) is 2.42. The molecule has 2 heterocycles. The van der Waals surface area contributed by atoms with Gasteiger partial charge in [0, 0.05) is 17.7 Å². The van der Waals surface area contributed by atoms with E-state index in [-0.39, 0.29) is 5.75 Å². The summed E-state index contributed by atoms with van der Waals surface area (Å²) in [6, 6.07) is 6.37. The molecule has 3 N–H and O–H groups in total. The van der Waals surface area contributed by atoms with E-state index < -0.39 is 0 Å². The number of nitrogens with zero attached hydrogens (tertiary/aromatic N) is 1. The minimum absolute atomic E-state index is 0.275. The molecule has 2 aliphatic rings. The molecule has 1 saturated heterocycles. The third-order valence-electron chi connectivity index (χ3n) is 4.33. The smallest absolute Gasteiger partial charge is 0.127 e. The molecule has 1 fully saturated rings. The second-order valence-electron chi connectivity index (χ2n) is 5.51. The molecule has 0 aliphatic carbocycles. The van der Waals surface area contributed by atoms with Crippen LogP contribution in [0, 0.1) is 0 Å². The minimum Gasteiger partial charge on any atom is -0.508 e. The van der Waals surface area contributed by atoms with Crippen LogP contribution in [0.4, 0.5) is 0 Å². The van der Waals surface area contributed by atoms with Crippen molar-refractivity contribution < 1.29 is 9.84 Å². The molecule has 2 atom stereocenters. The molecule has 104 valence electrons. The molecule has 4 nitrogen and oxygen atoms in total. The monoisotopic (exact) mass is 262 g/mol. The second kappa shape index (κ2) is 5.39. The molecular formula is C15H22N2O2. The van der Waals surface area contributed by atoms with Crippen LogP contribution in [0.2, 0.25) is 0 Å². The van der Waals surface area contributed by atoms with E-state index in [0.717, 1.165) is 25.3 Å². The maximum absolute atomic E-state index is 9.52.